The predicted molar refractivity (Wildman–Crippen MR) is 75.4 cm³/mol. The molecule has 1 unspecified atom stereocenters. The molecule has 1 spiro atoms. The number of amides is 1. The van der Waals surface area contributed by atoms with Gasteiger partial charge in [-0.1, -0.05) is 25.3 Å². The van der Waals surface area contributed by atoms with Gasteiger partial charge in [-0.25, -0.2) is 8.78 Å². The molecule has 3 rings (SSSR count). The summed E-state index contributed by atoms with van der Waals surface area (Å²) in [4.78, 5) is 14.5. The molecule has 2 aliphatic rings. The molecule has 2 fully saturated rings. The van der Waals surface area contributed by atoms with Crippen molar-refractivity contribution in [3.63, 3.8) is 0 Å². The maximum atomic E-state index is 13.5. The summed E-state index contributed by atoms with van der Waals surface area (Å²) >= 11 is 0. The first-order chi connectivity index (χ1) is 10.1. The third-order valence-corrected chi connectivity index (χ3v) is 4.70. The van der Waals surface area contributed by atoms with Crippen LogP contribution in [0, 0.1) is 11.6 Å². The lowest BCUT2D eigenvalue weighted by atomic mass is 9.81. The van der Waals surface area contributed by atoms with Gasteiger partial charge in [-0.3, -0.25) is 10.1 Å². The second-order valence-corrected chi connectivity index (χ2v) is 5.95. The molecule has 3 nitrogen and oxygen atoms in total. The number of nitrogens with zero attached hydrogens (tertiary/aromatic N) is 1. The quantitative estimate of drug-likeness (QED) is 0.909. The van der Waals surface area contributed by atoms with Crippen LogP contribution >= 0.6 is 0 Å². The first-order valence-electron chi connectivity index (χ1n) is 7.61. The van der Waals surface area contributed by atoms with Gasteiger partial charge in [0.2, 0.25) is 5.91 Å². The lowest BCUT2D eigenvalue weighted by molar-refractivity contribution is -0.134. The van der Waals surface area contributed by atoms with E-state index >= 15 is 0 Å². The van der Waals surface area contributed by atoms with Crippen molar-refractivity contribution < 1.29 is 13.6 Å². The van der Waals surface area contributed by atoms with Gasteiger partial charge in [-0.05, 0) is 37.5 Å². The number of hydrogen-bond donors (Lipinski definition) is 1. The molecule has 1 aromatic carbocycles. The summed E-state index contributed by atoms with van der Waals surface area (Å²) in [6.45, 7) is 2.46. The van der Waals surface area contributed by atoms with Crippen molar-refractivity contribution in [2.45, 2.75) is 50.7 Å². The molecule has 0 bridgehead atoms. The molecule has 1 heterocycles. The zero-order valence-corrected chi connectivity index (χ0v) is 12.2. The predicted octanol–water partition coefficient (Wildman–Crippen LogP) is 3.12. The summed E-state index contributed by atoms with van der Waals surface area (Å²) in [7, 11) is 0. The number of benzene rings is 1. The summed E-state index contributed by atoms with van der Waals surface area (Å²) in [6.07, 6.45) is 4.49. The summed E-state index contributed by atoms with van der Waals surface area (Å²) in [6, 6.07) is 3.86. The van der Waals surface area contributed by atoms with Gasteiger partial charge in [-0.2, -0.15) is 0 Å². The normalized spacial score (nSPS) is 24.8. The molecule has 1 atom stereocenters. The van der Waals surface area contributed by atoms with Gasteiger partial charge in [0, 0.05) is 6.54 Å². The molecule has 5 heteroatoms. The molecule has 1 aliphatic carbocycles. The fraction of sp³-hybridized carbons (Fsp3) is 0.562. The smallest absolute Gasteiger partial charge is 0.244 e. The van der Waals surface area contributed by atoms with Gasteiger partial charge in [0.05, 0.1) is 5.54 Å². The van der Waals surface area contributed by atoms with E-state index in [2.05, 4.69) is 5.32 Å². The highest BCUT2D eigenvalue weighted by Gasteiger charge is 2.51. The number of halogens is 2. The van der Waals surface area contributed by atoms with Gasteiger partial charge in [0.1, 0.15) is 6.17 Å². The number of carbonyl (C=O) groups is 1. The van der Waals surface area contributed by atoms with Crippen LogP contribution < -0.4 is 5.32 Å². The van der Waals surface area contributed by atoms with Gasteiger partial charge in [0.25, 0.3) is 0 Å². The Balaban J connectivity index is 1.94. The molecule has 0 aromatic heterocycles. The fourth-order valence-corrected chi connectivity index (χ4v) is 3.58. The molecular formula is C16H20F2N2O. The highest BCUT2D eigenvalue weighted by molar-refractivity contribution is 5.89. The Morgan fingerprint density at radius 3 is 2.57 bits per heavy atom. The third kappa shape index (κ3) is 2.33. The lowest BCUT2D eigenvalue weighted by Gasteiger charge is -2.31. The Kier molecular flexibility index (Phi) is 3.69. The Bertz CT molecular complexity index is 555. The largest absolute Gasteiger partial charge is 0.322 e. The standard InChI is InChI=1S/C16H20F2N2O/c1-2-20-14(11-6-7-12(17)13(18)10-11)19-16(15(20)21)8-4-3-5-9-16/h6-7,10,14,19H,2-5,8-9H2,1H3. The SMILES string of the molecule is CCN1C(=O)C2(CCCCC2)NC1c1ccc(F)c(F)c1. The van der Waals surface area contributed by atoms with Crippen molar-refractivity contribution in [2.24, 2.45) is 0 Å². The molecule has 0 radical (unpaired) electrons. The van der Waals surface area contributed by atoms with E-state index in [1.807, 2.05) is 6.92 Å². The first kappa shape index (κ1) is 14.4. The first-order valence-corrected chi connectivity index (χ1v) is 7.61. The molecular weight excluding hydrogens is 274 g/mol. The minimum Gasteiger partial charge on any atom is -0.322 e. The van der Waals surface area contributed by atoms with E-state index in [0.717, 1.165) is 38.2 Å². The van der Waals surface area contributed by atoms with E-state index in [1.54, 1.807) is 11.0 Å². The summed E-state index contributed by atoms with van der Waals surface area (Å²) in [5, 5.41) is 3.41. The van der Waals surface area contributed by atoms with E-state index < -0.39 is 17.2 Å². The number of hydrogen-bond acceptors (Lipinski definition) is 2. The average Bonchev–Trinajstić information content (AvgIpc) is 2.76. The van der Waals surface area contributed by atoms with Crippen LogP contribution in [0.4, 0.5) is 8.78 Å². The second kappa shape index (κ2) is 5.37. The maximum Gasteiger partial charge on any atom is 0.244 e. The monoisotopic (exact) mass is 294 g/mol. The van der Waals surface area contributed by atoms with Crippen LogP contribution in [-0.2, 0) is 4.79 Å². The average molecular weight is 294 g/mol. The van der Waals surface area contributed by atoms with Crippen molar-refractivity contribution in [3.8, 4) is 0 Å². The number of rotatable bonds is 2. The van der Waals surface area contributed by atoms with Crippen LogP contribution in [0.1, 0.15) is 50.8 Å². The molecule has 1 saturated carbocycles. The second-order valence-electron chi connectivity index (χ2n) is 5.95. The molecule has 21 heavy (non-hydrogen) atoms. The van der Waals surface area contributed by atoms with E-state index in [-0.39, 0.29) is 12.1 Å². The van der Waals surface area contributed by atoms with E-state index in [0.29, 0.717) is 12.1 Å². The Morgan fingerprint density at radius 2 is 1.95 bits per heavy atom. The highest BCUT2D eigenvalue weighted by atomic mass is 19.2. The molecule has 1 aliphatic heterocycles. The Morgan fingerprint density at radius 1 is 1.24 bits per heavy atom. The topological polar surface area (TPSA) is 32.3 Å². The van der Waals surface area contributed by atoms with Crippen molar-refractivity contribution in [1.29, 1.82) is 0 Å². The molecule has 1 aromatic rings. The number of nitrogens with one attached hydrogen (secondary N) is 1. The van der Waals surface area contributed by atoms with E-state index in [9.17, 15) is 13.6 Å². The minimum absolute atomic E-state index is 0.0967. The summed E-state index contributed by atoms with van der Waals surface area (Å²) in [5.41, 5.74) is 0.0932. The van der Waals surface area contributed by atoms with Crippen molar-refractivity contribution in [1.82, 2.24) is 10.2 Å². The lowest BCUT2D eigenvalue weighted by Crippen LogP contribution is -2.48. The Labute approximate surface area is 123 Å². The Hall–Kier alpha value is -1.49. The molecule has 1 amide bonds. The fourth-order valence-electron chi connectivity index (χ4n) is 3.58. The van der Waals surface area contributed by atoms with Crippen LogP contribution in [0.3, 0.4) is 0 Å². The van der Waals surface area contributed by atoms with Crippen LogP contribution in [0.25, 0.3) is 0 Å². The molecule has 1 saturated heterocycles. The van der Waals surface area contributed by atoms with Crippen LogP contribution in [0.2, 0.25) is 0 Å². The van der Waals surface area contributed by atoms with Crippen molar-refractivity contribution >= 4 is 5.91 Å². The van der Waals surface area contributed by atoms with Gasteiger partial charge < -0.3 is 4.90 Å². The van der Waals surface area contributed by atoms with Crippen molar-refractivity contribution in [2.75, 3.05) is 6.54 Å². The number of likely N-dealkylation sites (N-methyl/N-ethyl adjacent to an activating group) is 1. The zero-order chi connectivity index (χ0) is 15.0. The highest BCUT2D eigenvalue weighted by Crippen LogP contribution is 2.39. The number of carbonyl (C=O) groups excluding carboxylic acids is 1. The summed E-state index contributed by atoms with van der Waals surface area (Å²) < 4.78 is 26.6. The molecule has 114 valence electrons. The van der Waals surface area contributed by atoms with Crippen LogP contribution in [0.15, 0.2) is 18.2 Å². The van der Waals surface area contributed by atoms with E-state index in [4.69, 9.17) is 0 Å². The minimum atomic E-state index is -0.873. The summed E-state index contributed by atoms with van der Waals surface area (Å²) in [5.74, 6) is -1.64. The van der Waals surface area contributed by atoms with Gasteiger partial charge in [0.15, 0.2) is 11.6 Å². The van der Waals surface area contributed by atoms with Gasteiger partial charge >= 0.3 is 0 Å². The maximum absolute atomic E-state index is 13.5. The van der Waals surface area contributed by atoms with Crippen LogP contribution in [0.5, 0.6) is 0 Å². The van der Waals surface area contributed by atoms with Crippen molar-refractivity contribution in [3.05, 3.63) is 35.4 Å². The van der Waals surface area contributed by atoms with Gasteiger partial charge in [-0.15, -0.1) is 0 Å². The van der Waals surface area contributed by atoms with E-state index in [1.165, 1.54) is 6.07 Å². The molecule has 1 N–H and O–H groups in total. The zero-order valence-electron chi connectivity index (χ0n) is 12.2. The van der Waals surface area contributed by atoms with Crippen LogP contribution in [-0.4, -0.2) is 22.9 Å². The third-order valence-electron chi connectivity index (χ3n) is 4.70.